The summed E-state index contributed by atoms with van der Waals surface area (Å²) in [6.07, 6.45) is 5.79. The van der Waals surface area contributed by atoms with Gasteiger partial charge in [0.05, 0.1) is 0 Å². The minimum absolute atomic E-state index is 0.297. The Balaban J connectivity index is 2.14. The highest BCUT2D eigenvalue weighted by molar-refractivity contribution is 6.62. The monoisotopic (exact) mass is 185 g/mol. The van der Waals surface area contributed by atoms with E-state index in [4.69, 9.17) is 11.6 Å². The fourth-order valence-electron chi connectivity index (χ4n) is 2.01. The van der Waals surface area contributed by atoms with Crippen LogP contribution in [-0.2, 0) is 0 Å². The number of hydrogen-bond acceptors (Lipinski definition) is 1. The molecule has 0 aromatic rings. The lowest BCUT2D eigenvalue weighted by Crippen LogP contribution is -2.29. The summed E-state index contributed by atoms with van der Waals surface area (Å²) in [4.78, 5) is 12.7. The maximum atomic E-state index is 10.9. The summed E-state index contributed by atoms with van der Waals surface area (Å²) >= 11 is 5.45. The number of amides is 1. The first-order chi connectivity index (χ1) is 5.75. The second-order valence-corrected chi connectivity index (χ2v) is 3.96. The van der Waals surface area contributed by atoms with Crippen molar-refractivity contribution in [3.05, 3.63) is 11.6 Å². The van der Waals surface area contributed by atoms with Gasteiger partial charge in [-0.05, 0) is 36.8 Å². The highest BCUT2D eigenvalue weighted by Gasteiger charge is 2.25. The minimum atomic E-state index is -0.297. The molecule has 1 saturated heterocycles. The third-order valence-corrected chi connectivity index (χ3v) is 2.97. The van der Waals surface area contributed by atoms with Crippen LogP contribution in [0.1, 0.15) is 19.3 Å². The van der Waals surface area contributed by atoms with Crippen LogP contribution in [0.3, 0.4) is 0 Å². The van der Waals surface area contributed by atoms with Gasteiger partial charge in [-0.25, -0.2) is 0 Å². The van der Waals surface area contributed by atoms with Gasteiger partial charge < -0.3 is 4.90 Å². The number of carbonyl (C=O) groups excluding carboxylic acids is 1. The Labute approximate surface area is 77.2 Å². The zero-order chi connectivity index (χ0) is 8.55. The second kappa shape index (κ2) is 3.09. The predicted molar refractivity (Wildman–Crippen MR) is 48.2 cm³/mol. The molecule has 1 unspecified atom stereocenters. The van der Waals surface area contributed by atoms with Gasteiger partial charge in [0.2, 0.25) is 0 Å². The first kappa shape index (κ1) is 8.11. The zero-order valence-electron chi connectivity index (χ0n) is 6.92. The fourth-order valence-corrected chi connectivity index (χ4v) is 2.14. The van der Waals surface area contributed by atoms with Crippen LogP contribution in [0, 0.1) is 5.92 Å². The van der Waals surface area contributed by atoms with Crippen LogP contribution in [0.15, 0.2) is 11.6 Å². The van der Waals surface area contributed by atoms with Crippen LogP contribution < -0.4 is 0 Å². The molecule has 0 aromatic heterocycles. The number of carbonyl (C=O) groups is 1. The maximum absolute atomic E-state index is 10.9. The summed E-state index contributed by atoms with van der Waals surface area (Å²) in [7, 11) is 0. The molecule has 0 spiro atoms. The van der Waals surface area contributed by atoms with Gasteiger partial charge in [-0.1, -0.05) is 11.6 Å². The molecule has 0 radical (unpaired) electrons. The lowest BCUT2D eigenvalue weighted by Gasteiger charge is -2.18. The van der Waals surface area contributed by atoms with E-state index in [9.17, 15) is 4.79 Å². The Bertz CT molecular complexity index is 237. The quantitative estimate of drug-likeness (QED) is 0.322. The topological polar surface area (TPSA) is 20.3 Å². The van der Waals surface area contributed by atoms with Crippen molar-refractivity contribution in [2.45, 2.75) is 19.3 Å². The molecule has 12 heavy (non-hydrogen) atoms. The molecule has 3 heteroatoms. The number of fused-ring (bicyclic) bond motifs is 4. The lowest BCUT2D eigenvalue weighted by atomic mass is 9.92. The highest BCUT2D eigenvalue weighted by Crippen LogP contribution is 2.29. The molecule has 2 bridgehead atoms. The Morgan fingerprint density at radius 3 is 3.08 bits per heavy atom. The van der Waals surface area contributed by atoms with E-state index in [1.807, 2.05) is 0 Å². The molecular formula is C9H12ClNO. The van der Waals surface area contributed by atoms with Crippen molar-refractivity contribution in [3.8, 4) is 0 Å². The Kier molecular flexibility index (Phi) is 2.09. The molecule has 2 aliphatic heterocycles. The lowest BCUT2D eigenvalue weighted by molar-refractivity contribution is 0.220. The van der Waals surface area contributed by atoms with E-state index in [1.54, 1.807) is 4.90 Å². The van der Waals surface area contributed by atoms with Crippen LogP contribution in [0.4, 0.5) is 4.79 Å². The summed E-state index contributed by atoms with van der Waals surface area (Å²) in [5.74, 6) is 0.652. The third kappa shape index (κ3) is 1.48. The SMILES string of the molecule is O=C(Cl)N1CC2=CCC(CC2)C1. The van der Waals surface area contributed by atoms with Crippen LogP contribution in [0.5, 0.6) is 0 Å². The molecule has 1 fully saturated rings. The van der Waals surface area contributed by atoms with Gasteiger partial charge in [0.25, 0.3) is 0 Å². The number of halogens is 1. The number of allylic oxidation sites excluding steroid dienone is 1. The smallest absolute Gasteiger partial charge is 0.316 e. The van der Waals surface area contributed by atoms with E-state index in [-0.39, 0.29) is 5.37 Å². The normalized spacial score (nSPS) is 28.2. The fraction of sp³-hybridized carbons (Fsp3) is 0.667. The van der Waals surface area contributed by atoms with E-state index in [0.29, 0.717) is 5.92 Å². The highest BCUT2D eigenvalue weighted by atomic mass is 35.5. The van der Waals surface area contributed by atoms with Crippen molar-refractivity contribution in [2.24, 2.45) is 5.92 Å². The predicted octanol–water partition coefficient (Wildman–Crippen LogP) is 2.39. The minimum Gasteiger partial charge on any atom is -0.325 e. The molecule has 2 heterocycles. The number of hydrogen-bond donors (Lipinski definition) is 0. The molecule has 1 amide bonds. The third-order valence-electron chi connectivity index (χ3n) is 2.73. The molecule has 1 aliphatic carbocycles. The van der Waals surface area contributed by atoms with Crippen molar-refractivity contribution in [2.75, 3.05) is 13.1 Å². The molecule has 0 N–H and O–H groups in total. The Morgan fingerprint density at radius 2 is 2.50 bits per heavy atom. The number of rotatable bonds is 0. The van der Waals surface area contributed by atoms with Crippen LogP contribution in [0.2, 0.25) is 0 Å². The van der Waals surface area contributed by atoms with Crippen LogP contribution >= 0.6 is 11.6 Å². The van der Waals surface area contributed by atoms with E-state index < -0.39 is 0 Å². The van der Waals surface area contributed by atoms with E-state index in [1.165, 1.54) is 12.0 Å². The molecule has 66 valence electrons. The number of nitrogens with zero attached hydrogens (tertiary/aromatic N) is 1. The molecule has 3 rings (SSSR count). The average molecular weight is 186 g/mol. The van der Waals surface area contributed by atoms with E-state index >= 15 is 0 Å². The summed E-state index contributed by atoms with van der Waals surface area (Å²) < 4.78 is 0. The summed E-state index contributed by atoms with van der Waals surface area (Å²) in [5.41, 5.74) is 1.39. The van der Waals surface area contributed by atoms with Crippen molar-refractivity contribution < 1.29 is 4.79 Å². The standard InChI is InChI=1S/C9H12ClNO/c10-9(12)11-5-7-1-2-8(6-11)4-3-7/h1,8H,2-6H2. The molecule has 3 aliphatic rings. The van der Waals surface area contributed by atoms with Crippen LogP contribution in [0.25, 0.3) is 0 Å². The van der Waals surface area contributed by atoms with Crippen molar-refractivity contribution in [1.29, 1.82) is 0 Å². The first-order valence-corrected chi connectivity index (χ1v) is 4.76. The van der Waals surface area contributed by atoms with Gasteiger partial charge in [0, 0.05) is 13.1 Å². The molecular weight excluding hydrogens is 174 g/mol. The molecule has 2 nitrogen and oxygen atoms in total. The largest absolute Gasteiger partial charge is 0.325 e. The van der Waals surface area contributed by atoms with Gasteiger partial charge >= 0.3 is 5.37 Å². The maximum Gasteiger partial charge on any atom is 0.316 e. The van der Waals surface area contributed by atoms with Crippen molar-refractivity contribution in [1.82, 2.24) is 4.90 Å². The van der Waals surface area contributed by atoms with E-state index in [0.717, 1.165) is 25.9 Å². The molecule has 0 aromatic carbocycles. The van der Waals surface area contributed by atoms with E-state index in [2.05, 4.69) is 6.08 Å². The van der Waals surface area contributed by atoms with Crippen molar-refractivity contribution in [3.63, 3.8) is 0 Å². The molecule has 0 saturated carbocycles. The summed E-state index contributed by atoms with van der Waals surface area (Å²) in [5, 5.41) is -0.297. The Morgan fingerprint density at radius 1 is 1.67 bits per heavy atom. The second-order valence-electron chi connectivity index (χ2n) is 3.64. The van der Waals surface area contributed by atoms with Gasteiger partial charge in [-0.15, -0.1) is 0 Å². The first-order valence-electron chi connectivity index (χ1n) is 4.38. The zero-order valence-corrected chi connectivity index (χ0v) is 7.68. The van der Waals surface area contributed by atoms with Gasteiger partial charge in [0.1, 0.15) is 0 Å². The Hall–Kier alpha value is -0.500. The van der Waals surface area contributed by atoms with Crippen molar-refractivity contribution >= 4 is 17.0 Å². The average Bonchev–Trinajstić information content (AvgIpc) is 2.36. The van der Waals surface area contributed by atoms with Gasteiger partial charge in [-0.3, -0.25) is 4.79 Å². The molecule has 1 atom stereocenters. The summed E-state index contributed by atoms with van der Waals surface area (Å²) in [6, 6.07) is 0. The van der Waals surface area contributed by atoms with Crippen LogP contribution in [-0.4, -0.2) is 23.4 Å². The van der Waals surface area contributed by atoms with Gasteiger partial charge in [0.15, 0.2) is 0 Å². The summed E-state index contributed by atoms with van der Waals surface area (Å²) in [6.45, 7) is 1.61. The van der Waals surface area contributed by atoms with Gasteiger partial charge in [-0.2, -0.15) is 0 Å².